The molecule has 14 heavy (non-hydrogen) atoms. The molecule has 3 N–H and O–H groups in total. The van der Waals surface area contributed by atoms with Crippen LogP contribution in [0.2, 0.25) is 10.0 Å². The molecule has 0 saturated heterocycles. The number of hydrogen-bond donors (Lipinski definition) is 2. The van der Waals surface area contributed by atoms with Crippen molar-refractivity contribution in [2.24, 2.45) is 5.73 Å². The first-order chi connectivity index (χ1) is 6.13. The van der Waals surface area contributed by atoms with Gasteiger partial charge in [0.15, 0.2) is 0 Å². The second-order valence-electron chi connectivity index (χ2n) is 2.82. The zero-order valence-electron chi connectivity index (χ0n) is 7.41. The Morgan fingerprint density at radius 2 is 1.71 bits per heavy atom. The highest BCUT2D eigenvalue weighted by atomic mass is 35.5. The van der Waals surface area contributed by atoms with E-state index in [1.807, 2.05) is 0 Å². The molecule has 0 amide bonds. The molecule has 0 unspecified atom stereocenters. The molecule has 0 aromatic heterocycles. The van der Waals surface area contributed by atoms with Gasteiger partial charge in [-0.2, -0.15) is 0 Å². The largest absolute Gasteiger partial charge is 0.396 e. The molecule has 0 spiro atoms. The Morgan fingerprint density at radius 3 is 2.14 bits per heavy atom. The summed E-state index contributed by atoms with van der Waals surface area (Å²) >= 11 is 11.6. The highest BCUT2D eigenvalue weighted by Crippen LogP contribution is 2.23. The van der Waals surface area contributed by atoms with Crippen LogP contribution in [0.5, 0.6) is 0 Å². The van der Waals surface area contributed by atoms with Gasteiger partial charge in [0.1, 0.15) is 0 Å². The zero-order chi connectivity index (χ0) is 9.84. The molecule has 0 radical (unpaired) electrons. The van der Waals surface area contributed by atoms with Gasteiger partial charge in [-0.1, -0.05) is 23.2 Å². The summed E-state index contributed by atoms with van der Waals surface area (Å²) in [7, 11) is 0. The molecular weight excluding hydrogens is 244 g/mol. The number of aliphatic hydroxyl groups excluding tert-OH is 1. The molecule has 0 fully saturated rings. The van der Waals surface area contributed by atoms with Crippen molar-refractivity contribution in [1.29, 1.82) is 0 Å². The normalized spacial score (nSPS) is 12.0. The van der Waals surface area contributed by atoms with E-state index in [-0.39, 0.29) is 25.1 Å². The number of aliphatic hydroxyl groups is 1. The van der Waals surface area contributed by atoms with Crippen molar-refractivity contribution >= 4 is 35.6 Å². The molecule has 1 rings (SSSR count). The van der Waals surface area contributed by atoms with Crippen molar-refractivity contribution in [2.75, 3.05) is 6.61 Å². The van der Waals surface area contributed by atoms with Crippen molar-refractivity contribution in [1.82, 2.24) is 0 Å². The van der Waals surface area contributed by atoms with Gasteiger partial charge < -0.3 is 10.8 Å². The summed E-state index contributed by atoms with van der Waals surface area (Å²) in [5, 5.41) is 9.82. The van der Waals surface area contributed by atoms with Crippen LogP contribution in [0.15, 0.2) is 18.2 Å². The zero-order valence-corrected chi connectivity index (χ0v) is 9.74. The molecule has 0 aliphatic heterocycles. The Hall–Kier alpha value is 0.01000. The summed E-state index contributed by atoms with van der Waals surface area (Å²) in [6.45, 7) is 0.0608. The Morgan fingerprint density at radius 1 is 1.21 bits per heavy atom. The minimum absolute atomic E-state index is 0. The predicted molar refractivity (Wildman–Crippen MR) is 62.3 cm³/mol. The molecule has 0 bridgehead atoms. The fourth-order valence-corrected chi connectivity index (χ4v) is 1.64. The molecule has 5 heteroatoms. The summed E-state index contributed by atoms with van der Waals surface area (Å²) in [5.74, 6) is 0. The lowest BCUT2D eigenvalue weighted by molar-refractivity contribution is 0.276. The van der Waals surface area contributed by atoms with E-state index in [2.05, 4.69) is 0 Å². The third-order valence-corrected chi connectivity index (χ3v) is 2.19. The highest BCUT2D eigenvalue weighted by molar-refractivity contribution is 6.34. The molecule has 1 atom stereocenters. The third-order valence-electron chi connectivity index (χ3n) is 1.75. The quantitative estimate of drug-likeness (QED) is 0.873. The van der Waals surface area contributed by atoms with Gasteiger partial charge in [0.05, 0.1) is 0 Å². The van der Waals surface area contributed by atoms with Gasteiger partial charge in [-0.25, -0.2) is 0 Å². The standard InChI is InChI=1S/C9H11Cl2NO.ClH/c10-7-3-6(4-8(11)5-7)9(12)1-2-13;/h3-5,9,13H,1-2,12H2;1H/t9-;/m1./s1. The molecule has 1 aromatic rings. The second kappa shape index (κ2) is 6.49. The maximum Gasteiger partial charge on any atom is 0.0449 e. The third kappa shape index (κ3) is 4.03. The van der Waals surface area contributed by atoms with Crippen molar-refractivity contribution in [3.63, 3.8) is 0 Å². The van der Waals surface area contributed by atoms with E-state index in [0.717, 1.165) is 5.56 Å². The SMILES string of the molecule is Cl.N[C@H](CCO)c1cc(Cl)cc(Cl)c1. The average molecular weight is 257 g/mol. The average Bonchev–Trinajstić information content (AvgIpc) is 2.03. The predicted octanol–water partition coefficient (Wildman–Crippen LogP) is 2.80. The number of hydrogen-bond acceptors (Lipinski definition) is 2. The Bertz CT molecular complexity index is 273. The summed E-state index contributed by atoms with van der Waals surface area (Å²) in [5.41, 5.74) is 6.62. The van der Waals surface area contributed by atoms with Crippen molar-refractivity contribution in [3.05, 3.63) is 33.8 Å². The van der Waals surface area contributed by atoms with Gasteiger partial charge in [-0.15, -0.1) is 12.4 Å². The van der Waals surface area contributed by atoms with Crippen LogP contribution in [-0.2, 0) is 0 Å². The van der Waals surface area contributed by atoms with E-state index in [1.165, 1.54) is 0 Å². The molecule has 0 heterocycles. The van der Waals surface area contributed by atoms with E-state index in [0.29, 0.717) is 16.5 Å². The van der Waals surface area contributed by atoms with Gasteiger partial charge in [0.2, 0.25) is 0 Å². The first-order valence-electron chi connectivity index (χ1n) is 3.96. The van der Waals surface area contributed by atoms with Gasteiger partial charge >= 0.3 is 0 Å². The number of rotatable bonds is 3. The number of benzene rings is 1. The molecule has 0 saturated carbocycles. The molecule has 1 aromatic carbocycles. The van der Waals surface area contributed by atoms with Crippen molar-refractivity contribution < 1.29 is 5.11 Å². The van der Waals surface area contributed by atoms with E-state index < -0.39 is 0 Å². The minimum Gasteiger partial charge on any atom is -0.396 e. The van der Waals surface area contributed by atoms with Crippen molar-refractivity contribution in [3.8, 4) is 0 Å². The van der Waals surface area contributed by atoms with Crippen LogP contribution in [-0.4, -0.2) is 11.7 Å². The van der Waals surface area contributed by atoms with Gasteiger partial charge in [0.25, 0.3) is 0 Å². The molecule has 0 aliphatic carbocycles. The Labute approximate surface area is 99.4 Å². The first-order valence-corrected chi connectivity index (χ1v) is 4.71. The van der Waals surface area contributed by atoms with Crippen LogP contribution in [0, 0.1) is 0 Å². The summed E-state index contributed by atoms with van der Waals surface area (Å²) in [6, 6.07) is 4.96. The summed E-state index contributed by atoms with van der Waals surface area (Å²) in [6.07, 6.45) is 0.511. The second-order valence-corrected chi connectivity index (χ2v) is 3.69. The van der Waals surface area contributed by atoms with Crippen LogP contribution < -0.4 is 5.73 Å². The number of nitrogens with two attached hydrogens (primary N) is 1. The minimum atomic E-state index is -0.207. The van der Waals surface area contributed by atoms with Crippen LogP contribution in [0.1, 0.15) is 18.0 Å². The first kappa shape index (κ1) is 14.0. The Balaban J connectivity index is 0.00000169. The van der Waals surface area contributed by atoms with Gasteiger partial charge in [-0.3, -0.25) is 0 Å². The topological polar surface area (TPSA) is 46.2 Å². The van der Waals surface area contributed by atoms with Crippen LogP contribution in [0.4, 0.5) is 0 Å². The maximum absolute atomic E-state index is 8.69. The van der Waals surface area contributed by atoms with Crippen molar-refractivity contribution in [2.45, 2.75) is 12.5 Å². The van der Waals surface area contributed by atoms with E-state index in [1.54, 1.807) is 18.2 Å². The lowest BCUT2D eigenvalue weighted by Crippen LogP contribution is -2.11. The van der Waals surface area contributed by atoms with E-state index in [9.17, 15) is 0 Å². The smallest absolute Gasteiger partial charge is 0.0449 e. The van der Waals surface area contributed by atoms with E-state index >= 15 is 0 Å². The van der Waals surface area contributed by atoms with Crippen LogP contribution in [0.25, 0.3) is 0 Å². The van der Waals surface area contributed by atoms with Gasteiger partial charge in [0, 0.05) is 22.7 Å². The van der Waals surface area contributed by atoms with E-state index in [4.69, 9.17) is 34.0 Å². The maximum atomic E-state index is 8.69. The Kier molecular flexibility index (Phi) is 6.49. The lowest BCUT2D eigenvalue weighted by atomic mass is 10.1. The fraction of sp³-hybridized carbons (Fsp3) is 0.333. The highest BCUT2D eigenvalue weighted by Gasteiger charge is 2.06. The molecule has 80 valence electrons. The number of halogens is 3. The molecule has 0 aliphatic rings. The van der Waals surface area contributed by atoms with Crippen LogP contribution >= 0.6 is 35.6 Å². The fourth-order valence-electron chi connectivity index (χ4n) is 1.09. The van der Waals surface area contributed by atoms with Crippen LogP contribution in [0.3, 0.4) is 0 Å². The summed E-state index contributed by atoms with van der Waals surface area (Å²) < 4.78 is 0. The monoisotopic (exact) mass is 255 g/mol. The molecule has 2 nitrogen and oxygen atoms in total. The van der Waals surface area contributed by atoms with Gasteiger partial charge in [-0.05, 0) is 30.2 Å². The summed E-state index contributed by atoms with van der Waals surface area (Å²) in [4.78, 5) is 0. The lowest BCUT2D eigenvalue weighted by Gasteiger charge is -2.10. The molecular formula is C9H12Cl3NO.